The van der Waals surface area contributed by atoms with Crippen LogP contribution < -0.4 is 4.90 Å². The van der Waals surface area contributed by atoms with E-state index in [0.29, 0.717) is 11.3 Å². The second-order valence-electron chi connectivity index (χ2n) is 6.68. The number of phenols is 1. The van der Waals surface area contributed by atoms with Gasteiger partial charge in [-0.1, -0.05) is 18.2 Å². The van der Waals surface area contributed by atoms with E-state index in [0.717, 1.165) is 18.8 Å². The molecule has 0 bridgehead atoms. The van der Waals surface area contributed by atoms with Crippen molar-refractivity contribution in [3.05, 3.63) is 59.8 Å². The van der Waals surface area contributed by atoms with E-state index in [1.54, 1.807) is 36.4 Å². The molecule has 0 saturated heterocycles. The molecule has 0 unspecified atom stereocenters. The Labute approximate surface area is 180 Å². The van der Waals surface area contributed by atoms with Crippen LogP contribution in [-0.2, 0) is 9.47 Å². The Kier molecular flexibility index (Phi) is 6.59. The lowest BCUT2D eigenvalue weighted by atomic mass is 10.0. The topological polar surface area (TPSA) is 93.9 Å². The molecule has 8 heteroatoms. The summed E-state index contributed by atoms with van der Waals surface area (Å²) in [4.78, 5) is 27.4. The van der Waals surface area contributed by atoms with Gasteiger partial charge in [0, 0.05) is 30.4 Å². The van der Waals surface area contributed by atoms with Crippen molar-refractivity contribution in [2.45, 2.75) is 13.8 Å². The molecule has 2 aromatic carbocycles. The zero-order chi connectivity index (χ0) is 22.5. The molecule has 1 heterocycles. The summed E-state index contributed by atoms with van der Waals surface area (Å²) in [7, 11) is 2.44. The van der Waals surface area contributed by atoms with Gasteiger partial charge in [0.15, 0.2) is 5.69 Å². The first-order valence-electron chi connectivity index (χ1n) is 9.90. The Morgan fingerprint density at radius 3 is 2.19 bits per heavy atom. The number of esters is 2. The minimum absolute atomic E-state index is 0.0660. The Morgan fingerprint density at radius 1 is 1.00 bits per heavy atom. The summed E-state index contributed by atoms with van der Waals surface area (Å²) in [5.74, 6) is -1.57. The van der Waals surface area contributed by atoms with Gasteiger partial charge in [-0.05, 0) is 38.1 Å². The number of aromatic nitrogens is 2. The Bertz CT molecular complexity index is 1090. The highest BCUT2D eigenvalue weighted by Gasteiger charge is 2.32. The lowest BCUT2D eigenvalue weighted by Gasteiger charge is -2.21. The number of rotatable bonds is 7. The highest BCUT2D eigenvalue weighted by molar-refractivity contribution is 6.07. The number of phenolic OH excluding ortho intramolecular Hbond substituents is 1. The Hall–Kier alpha value is -3.81. The van der Waals surface area contributed by atoms with E-state index in [-0.39, 0.29) is 22.7 Å². The molecule has 0 aliphatic heterocycles. The first-order chi connectivity index (χ1) is 15.0. The molecule has 0 aliphatic rings. The third-order valence-corrected chi connectivity index (χ3v) is 5.02. The number of hydrogen-bond donors (Lipinski definition) is 1. The second-order valence-corrected chi connectivity index (χ2v) is 6.68. The first kappa shape index (κ1) is 21.9. The number of ether oxygens (including phenoxy) is 2. The van der Waals surface area contributed by atoms with Crippen LogP contribution >= 0.6 is 0 Å². The largest absolute Gasteiger partial charge is 0.507 e. The van der Waals surface area contributed by atoms with E-state index < -0.39 is 11.9 Å². The zero-order valence-electron chi connectivity index (χ0n) is 18.0. The maximum absolute atomic E-state index is 12.7. The maximum atomic E-state index is 12.7. The predicted octanol–water partition coefficient (Wildman–Crippen LogP) is 3.66. The summed E-state index contributed by atoms with van der Waals surface area (Å²) in [5.41, 5.74) is 1.66. The number of anilines is 1. The molecule has 0 atom stereocenters. The number of benzene rings is 2. The van der Waals surface area contributed by atoms with Gasteiger partial charge in [0.1, 0.15) is 17.0 Å². The number of carbonyl (C=O) groups excluding carboxylic acids is 2. The van der Waals surface area contributed by atoms with E-state index in [2.05, 4.69) is 10.00 Å². The minimum Gasteiger partial charge on any atom is -0.507 e. The van der Waals surface area contributed by atoms with E-state index in [9.17, 15) is 14.7 Å². The third kappa shape index (κ3) is 4.09. The molecule has 31 heavy (non-hydrogen) atoms. The molecule has 3 rings (SSSR count). The summed E-state index contributed by atoms with van der Waals surface area (Å²) in [6.45, 7) is 5.59. The number of para-hydroxylation sites is 1. The van der Waals surface area contributed by atoms with Crippen molar-refractivity contribution in [3.8, 4) is 22.7 Å². The van der Waals surface area contributed by atoms with Crippen molar-refractivity contribution in [1.29, 1.82) is 0 Å². The second kappa shape index (κ2) is 9.34. The van der Waals surface area contributed by atoms with Crippen LogP contribution in [-0.4, -0.2) is 54.1 Å². The van der Waals surface area contributed by atoms with E-state index >= 15 is 0 Å². The molecule has 0 radical (unpaired) electrons. The van der Waals surface area contributed by atoms with Crippen LogP contribution in [0.1, 0.15) is 34.7 Å². The normalized spacial score (nSPS) is 10.6. The molecular formula is C23H25N3O5. The average molecular weight is 423 g/mol. The van der Waals surface area contributed by atoms with Crippen molar-refractivity contribution < 1.29 is 24.2 Å². The number of aromatic hydroxyl groups is 1. The quantitative estimate of drug-likeness (QED) is 0.580. The van der Waals surface area contributed by atoms with Crippen LogP contribution in [0, 0.1) is 0 Å². The van der Waals surface area contributed by atoms with Gasteiger partial charge in [0.25, 0.3) is 0 Å². The summed E-state index contributed by atoms with van der Waals surface area (Å²) in [6, 6.07) is 14.0. The van der Waals surface area contributed by atoms with Gasteiger partial charge in [0.2, 0.25) is 0 Å². The molecule has 0 amide bonds. The van der Waals surface area contributed by atoms with E-state index in [1.807, 2.05) is 26.0 Å². The fourth-order valence-electron chi connectivity index (χ4n) is 3.45. The van der Waals surface area contributed by atoms with Crippen molar-refractivity contribution in [2.24, 2.45) is 0 Å². The molecule has 0 spiro atoms. The molecular weight excluding hydrogens is 398 g/mol. The van der Waals surface area contributed by atoms with Crippen LogP contribution in [0.15, 0.2) is 48.5 Å². The van der Waals surface area contributed by atoms with Gasteiger partial charge in [0.05, 0.1) is 19.9 Å². The summed E-state index contributed by atoms with van der Waals surface area (Å²) >= 11 is 0. The molecule has 0 aliphatic carbocycles. The highest BCUT2D eigenvalue weighted by atomic mass is 16.5. The predicted molar refractivity (Wildman–Crippen MR) is 117 cm³/mol. The third-order valence-electron chi connectivity index (χ3n) is 5.02. The van der Waals surface area contributed by atoms with Gasteiger partial charge in [-0.15, -0.1) is 0 Å². The molecule has 8 nitrogen and oxygen atoms in total. The molecule has 1 N–H and O–H groups in total. The Balaban J connectivity index is 2.29. The molecule has 162 valence electrons. The maximum Gasteiger partial charge on any atom is 0.357 e. The Morgan fingerprint density at radius 2 is 1.65 bits per heavy atom. The lowest BCUT2D eigenvalue weighted by Crippen LogP contribution is -2.21. The first-order valence-corrected chi connectivity index (χ1v) is 9.90. The van der Waals surface area contributed by atoms with Gasteiger partial charge in [-0.2, -0.15) is 5.10 Å². The molecule has 3 aromatic rings. The van der Waals surface area contributed by atoms with Crippen LogP contribution in [0.2, 0.25) is 0 Å². The number of carbonyl (C=O) groups is 2. The number of methoxy groups -OCH3 is 2. The van der Waals surface area contributed by atoms with E-state index in [4.69, 9.17) is 9.47 Å². The molecule has 0 fully saturated rings. The molecule has 0 saturated carbocycles. The summed E-state index contributed by atoms with van der Waals surface area (Å²) in [6.07, 6.45) is 0. The lowest BCUT2D eigenvalue weighted by molar-refractivity contribution is 0.0549. The molecule has 1 aromatic heterocycles. The van der Waals surface area contributed by atoms with Gasteiger partial charge >= 0.3 is 11.9 Å². The van der Waals surface area contributed by atoms with Crippen LogP contribution in [0.3, 0.4) is 0 Å². The van der Waals surface area contributed by atoms with Gasteiger partial charge in [-0.3, -0.25) is 0 Å². The standard InChI is InChI=1S/C23H25N3O5/c1-5-25(6-2)16-12-13-17(18(27)14-16)20-19(22(28)30-3)21(23(29)31-4)26(24-20)15-10-8-7-9-11-15/h7-14,27H,5-6H2,1-4H3. The smallest absolute Gasteiger partial charge is 0.357 e. The minimum atomic E-state index is -0.759. The fourth-order valence-corrected chi connectivity index (χ4v) is 3.45. The zero-order valence-corrected chi connectivity index (χ0v) is 18.0. The number of hydrogen-bond acceptors (Lipinski definition) is 7. The van der Waals surface area contributed by atoms with Crippen molar-refractivity contribution in [2.75, 3.05) is 32.2 Å². The van der Waals surface area contributed by atoms with Crippen molar-refractivity contribution >= 4 is 17.6 Å². The number of nitrogens with zero attached hydrogens (tertiary/aromatic N) is 3. The monoisotopic (exact) mass is 423 g/mol. The van der Waals surface area contributed by atoms with Crippen molar-refractivity contribution in [1.82, 2.24) is 9.78 Å². The highest BCUT2D eigenvalue weighted by Crippen LogP contribution is 2.36. The summed E-state index contributed by atoms with van der Waals surface area (Å²) < 4.78 is 11.2. The fraction of sp³-hybridized carbons (Fsp3) is 0.261. The van der Waals surface area contributed by atoms with Crippen LogP contribution in [0.5, 0.6) is 5.75 Å². The summed E-state index contributed by atoms with van der Waals surface area (Å²) in [5, 5.41) is 15.3. The van der Waals surface area contributed by atoms with E-state index in [1.165, 1.54) is 18.9 Å². The van der Waals surface area contributed by atoms with Gasteiger partial charge < -0.3 is 19.5 Å². The SMILES string of the molecule is CCN(CC)c1ccc(-c2nn(-c3ccccc3)c(C(=O)OC)c2C(=O)OC)c(O)c1. The van der Waals surface area contributed by atoms with Crippen molar-refractivity contribution in [3.63, 3.8) is 0 Å². The van der Waals surface area contributed by atoms with Crippen LogP contribution in [0.4, 0.5) is 5.69 Å². The van der Waals surface area contributed by atoms with Crippen LogP contribution in [0.25, 0.3) is 16.9 Å². The van der Waals surface area contributed by atoms with Gasteiger partial charge in [-0.25, -0.2) is 14.3 Å². The average Bonchev–Trinajstić information content (AvgIpc) is 3.20.